The Kier molecular flexibility index (Phi) is 3.95. The fourth-order valence-corrected chi connectivity index (χ4v) is 2.24. The quantitative estimate of drug-likeness (QED) is 0.721. The highest BCUT2D eigenvalue weighted by Crippen LogP contribution is 2.32. The topological polar surface area (TPSA) is 55.5 Å². The molecule has 0 aromatic carbocycles. The van der Waals surface area contributed by atoms with Gasteiger partial charge in [0.15, 0.2) is 5.78 Å². The summed E-state index contributed by atoms with van der Waals surface area (Å²) in [5.74, 6) is 0.0565. The van der Waals surface area contributed by atoms with E-state index in [1.807, 2.05) is 25.3 Å². The minimum Gasteiger partial charge on any atom is -0.324 e. The van der Waals surface area contributed by atoms with Crippen molar-refractivity contribution in [2.45, 2.75) is 33.2 Å². The van der Waals surface area contributed by atoms with E-state index in [-0.39, 0.29) is 35.6 Å². The van der Waals surface area contributed by atoms with Crippen LogP contribution in [0.4, 0.5) is 0 Å². The highest BCUT2D eigenvalue weighted by molar-refractivity contribution is 6.02. The van der Waals surface area contributed by atoms with E-state index < -0.39 is 0 Å². The monoisotopic (exact) mass is 254 g/mol. The summed E-state index contributed by atoms with van der Waals surface area (Å²) in [5.41, 5.74) is 7.53. The molecule has 2 unspecified atom stereocenters. The molecule has 0 saturated carbocycles. The summed E-state index contributed by atoms with van der Waals surface area (Å²) in [6, 6.07) is -0.201. The number of aliphatic imine (C=N–C) groups is 1. The fraction of sp³-hybridized carbons (Fsp3) is 0.538. The first-order chi connectivity index (χ1) is 7.41. The second-order valence-corrected chi connectivity index (χ2v) is 5.37. The second-order valence-electron chi connectivity index (χ2n) is 5.37. The molecule has 0 amide bonds. The summed E-state index contributed by atoms with van der Waals surface area (Å²) in [7, 11) is 0. The van der Waals surface area contributed by atoms with Crippen LogP contribution in [-0.4, -0.2) is 18.0 Å². The molecule has 1 heterocycles. The summed E-state index contributed by atoms with van der Waals surface area (Å²) in [5, 5.41) is 0. The lowest BCUT2D eigenvalue weighted by molar-refractivity contribution is -0.117. The summed E-state index contributed by atoms with van der Waals surface area (Å²) < 4.78 is 0. The molecule has 0 bridgehead atoms. The summed E-state index contributed by atoms with van der Waals surface area (Å²) in [4.78, 5) is 16.5. The zero-order valence-corrected chi connectivity index (χ0v) is 11.3. The molecule has 2 rings (SSSR count). The third kappa shape index (κ3) is 2.67. The Balaban J connectivity index is 0.00000144. The van der Waals surface area contributed by atoms with Crippen LogP contribution in [0.5, 0.6) is 0 Å². The molecular weight excluding hydrogens is 236 g/mol. The first kappa shape index (κ1) is 14.1. The van der Waals surface area contributed by atoms with Crippen LogP contribution >= 0.6 is 12.4 Å². The van der Waals surface area contributed by atoms with Crippen LogP contribution in [0.25, 0.3) is 0 Å². The number of hydrogen-bond donors (Lipinski definition) is 1. The molecule has 1 aliphatic heterocycles. The van der Waals surface area contributed by atoms with Gasteiger partial charge >= 0.3 is 0 Å². The second kappa shape index (κ2) is 4.75. The van der Waals surface area contributed by atoms with Gasteiger partial charge in [-0.2, -0.15) is 0 Å². The number of Topliss-reactive ketones (excluding diaryl/α,β-unsaturated/α-hetero) is 1. The van der Waals surface area contributed by atoms with Gasteiger partial charge < -0.3 is 5.73 Å². The van der Waals surface area contributed by atoms with Crippen molar-refractivity contribution in [3.8, 4) is 0 Å². The van der Waals surface area contributed by atoms with E-state index in [1.165, 1.54) is 0 Å². The van der Waals surface area contributed by atoms with Crippen LogP contribution in [0.15, 0.2) is 28.4 Å². The van der Waals surface area contributed by atoms with Crippen molar-refractivity contribution in [3.63, 3.8) is 0 Å². The van der Waals surface area contributed by atoms with Gasteiger partial charge in [-0.1, -0.05) is 26.8 Å². The number of nitrogens with zero attached hydrogens (tertiary/aromatic N) is 1. The number of nitrogens with two attached hydrogens (primary N) is 1. The minimum atomic E-state index is -0.201. The molecule has 0 aromatic rings. The number of hydrogen-bond acceptors (Lipinski definition) is 3. The van der Waals surface area contributed by atoms with Crippen molar-refractivity contribution in [1.29, 1.82) is 0 Å². The Labute approximate surface area is 108 Å². The molecule has 0 radical (unpaired) electrons. The van der Waals surface area contributed by atoms with Crippen molar-refractivity contribution in [3.05, 3.63) is 23.4 Å². The fourth-order valence-electron chi connectivity index (χ4n) is 2.24. The van der Waals surface area contributed by atoms with Crippen molar-refractivity contribution in [1.82, 2.24) is 0 Å². The van der Waals surface area contributed by atoms with E-state index in [9.17, 15) is 4.79 Å². The lowest BCUT2D eigenvalue weighted by Crippen LogP contribution is -2.34. The number of halogens is 1. The zero-order chi connectivity index (χ0) is 11.9. The Bertz CT molecular complexity index is 421. The highest BCUT2D eigenvalue weighted by atomic mass is 35.5. The van der Waals surface area contributed by atoms with Crippen LogP contribution in [0.3, 0.4) is 0 Å². The molecule has 2 N–H and O–H groups in total. The number of carbonyl (C=O) groups is 1. The molecule has 4 heteroatoms. The SMILES string of the molecule is CC1C=CC2=C(C1=O)C(N)CC(C)(C)C=N2.Cl. The minimum absolute atomic E-state index is 0. The molecule has 0 spiro atoms. The maximum absolute atomic E-state index is 12.1. The van der Waals surface area contributed by atoms with Gasteiger partial charge in [-0.25, -0.2) is 0 Å². The van der Waals surface area contributed by atoms with E-state index in [0.717, 1.165) is 12.1 Å². The number of carbonyl (C=O) groups excluding carboxylic acids is 1. The van der Waals surface area contributed by atoms with Crippen LogP contribution in [0, 0.1) is 11.3 Å². The van der Waals surface area contributed by atoms with E-state index in [1.54, 1.807) is 0 Å². The van der Waals surface area contributed by atoms with Crippen LogP contribution in [-0.2, 0) is 4.79 Å². The van der Waals surface area contributed by atoms with Crippen molar-refractivity contribution in [2.24, 2.45) is 22.1 Å². The van der Waals surface area contributed by atoms with Gasteiger partial charge in [-0.05, 0) is 12.5 Å². The molecule has 0 aromatic heterocycles. The molecule has 0 saturated heterocycles. The molecule has 1 aliphatic carbocycles. The average molecular weight is 255 g/mol. The molecule has 3 nitrogen and oxygen atoms in total. The third-order valence-corrected chi connectivity index (χ3v) is 3.17. The van der Waals surface area contributed by atoms with E-state index in [4.69, 9.17) is 5.73 Å². The summed E-state index contributed by atoms with van der Waals surface area (Å²) in [6.45, 7) is 6.08. The normalized spacial score (nSPS) is 30.7. The molecule has 17 heavy (non-hydrogen) atoms. The van der Waals surface area contributed by atoms with Gasteiger partial charge in [0.1, 0.15) is 0 Å². The molecule has 0 fully saturated rings. The van der Waals surface area contributed by atoms with E-state index >= 15 is 0 Å². The highest BCUT2D eigenvalue weighted by Gasteiger charge is 2.32. The first-order valence-corrected chi connectivity index (χ1v) is 5.68. The summed E-state index contributed by atoms with van der Waals surface area (Å²) in [6.07, 6.45) is 6.48. The van der Waals surface area contributed by atoms with Gasteiger partial charge in [0, 0.05) is 29.2 Å². The lowest BCUT2D eigenvalue weighted by atomic mass is 9.81. The van der Waals surface area contributed by atoms with E-state index in [2.05, 4.69) is 18.8 Å². The standard InChI is InChI=1S/C13H18N2O.ClH/c1-8-4-5-10-11(12(8)16)9(14)6-13(2,3)7-15-10;/h4-5,7-9H,6,14H2,1-3H3;1H. The predicted molar refractivity (Wildman–Crippen MR) is 72.5 cm³/mol. The van der Waals surface area contributed by atoms with Gasteiger partial charge in [0.25, 0.3) is 0 Å². The summed E-state index contributed by atoms with van der Waals surface area (Å²) >= 11 is 0. The maximum atomic E-state index is 12.1. The van der Waals surface area contributed by atoms with Crippen LogP contribution in [0.2, 0.25) is 0 Å². The largest absolute Gasteiger partial charge is 0.324 e. The van der Waals surface area contributed by atoms with Crippen molar-refractivity contribution in [2.75, 3.05) is 0 Å². The lowest BCUT2D eigenvalue weighted by Gasteiger charge is -2.24. The van der Waals surface area contributed by atoms with Gasteiger partial charge in [-0.15, -0.1) is 12.4 Å². The zero-order valence-electron chi connectivity index (χ0n) is 10.4. The Morgan fingerprint density at radius 1 is 1.47 bits per heavy atom. The molecular formula is C13H19ClN2O. The van der Waals surface area contributed by atoms with Crippen molar-refractivity contribution >= 4 is 24.4 Å². The smallest absolute Gasteiger partial charge is 0.169 e. The Morgan fingerprint density at radius 2 is 2.12 bits per heavy atom. The van der Waals surface area contributed by atoms with E-state index in [0.29, 0.717) is 5.57 Å². The van der Waals surface area contributed by atoms with Gasteiger partial charge in [0.05, 0.1) is 5.70 Å². The first-order valence-electron chi connectivity index (χ1n) is 5.68. The maximum Gasteiger partial charge on any atom is 0.169 e. The van der Waals surface area contributed by atoms with Crippen LogP contribution < -0.4 is 5.73 Å². The van der Waals surface area contributed by atoms with Gasteiger partial charge in [-0.3, -0.25) is 9.79 Å². The molecule has 2 atom stereocenters. The average Bonchev–Trinajstić information content (AvgIpc) is 2.29. The molecule has 2 aliphatic rings. The third-order valence-electron chi connectivity index (χ3n) is 3.17. The Hall–Kier alpha value is -0.930. The number of allylic oxidation sites excluding steroid dienone is 2. The molecule has 94 valence electrons. The van der Waals surface area contributed by atoms with Crippen LogP contribution in [0.1, 0.15) is 27.2 Å². The van der Waals surface area contributed by atoms with Crippen molar-refractivity contribution < 1.29 is 4.79 Å². The number of ketones is 1. The number of rotatable bonds is 0. The van der Waals surface area contributed by atoms with Gasteiger partial charge in [0.2, 0.25) is 0 Å². The predicted octanol–water partition coefficient (Wildman–Crippen LogP) is 2.27. The Morgan fingerprint density at radius 3 is 2.76 bits per heavy atom.